The summed E-state index contributed by atoms with van der Waals surface area (Å²) >= 11 is 6.71. The maximum atomic E-state index is 11.8. The van der Waals surface area contributed by atoms with E-state index in [0.717, 1.165) is 35.4 Å². The summed E-state index contributed by atoms with van der Waals surface area (Å²) in [5, 5.41) is 4.81. The lowest BCUT2D eigenvalue weighted by Gasteiger charge is -2.14. The summed E-state index contributed by atoms with van der Waals surface area (Å²) in [6.07, 6.45) is 6.93. The number of benzene rings is 2. The number of aromatic nitrogens is 6. The van der Waals surface area contributed by atoms with Gasteiger partial charge < -0.3 is 14.6 Å². The first-order valence-corrected chi connectivity index (χ1v) is 11.8. The van der Waals surface area contributed by atoms with Crippen LogP contribution >= 0.6 is 11.6 Å². The number of halogens is 1. The number of imidazole rings is 1. The number of H-pyrrole nitrogens is 1. The van der Waals surface area contributed by atoms with E-state index in [0.29, 0.717) is 52.8 Å². The third kappa shape index (κ3) is 4.19. The number of amides is 1. The Morgan fingerprint density at radius 1 is 1.11 bits per heavy atom. The third-order valence-corrected chi connectivity index (χ3v) is 6.48. The molecule has 10 heteroatoms. The van der Waals surface area contributed by atoms with Crippen molar-refractivity contribution in [2.45, 2.75) is 26.3 Å². The number of hydrogen-bond acceptors (Lipinski definition) is 6. The number of likely N-dealkylation sites (tertiary alicyclic amines) is 1. The molecule has 0 radical (unpaired) electrons. The molecule has 0 atom stereocenters. The van der Waals surface area contributed by atoms with E-state index in [9.17, 15) is 4.79 Å². The number of carbonyl (C=O) groups excluding carboxylic acids is 1. The number of nitrogens with one attached hydrogen (secondary N) is 1. The Labute approximate surface area is 205 Å². The average Bonchev–Trinajstić information content (AvgIpc) is 3.58. The summed E-state index contributed by atoms with van der Waals surface area (Å²) in [4.78, 5) is 30.6. The summed E-state index contributed by atoms with van der Waals surface area (Å²) in [5.74, 6) is 2.19. The first-order chi connectivity index (χ1) is 17.0. The van der Waals surface area contributed by atoms with E-state index < -0.39 is 0 Å². The van der Waals surface area contributed by atoms with Crippen LogP contribution in [-0.2, 0) is 11.3 Å². The molecule has 1 N–H and O–H groups in total. The van der Waals surface area contributed by atoms with Crippen LogP contribution in [0.15, 0.2) is 48.9 Å². The highest BCUT2D eigenvalue weighted by molar-refractivity contribution is 6.36. The van der Waals surface area contributed by atoms with E-state index in [2.05, 4.69) is 20.1 Å². The van der Waals surface area contributed by atoms with Crippen LogP contribution in [0.4, 0.5) is 0 Å². The summed E-state index contributed by atoms with van der Waals surface area (Å²) in [6.45, 7) is 4.02. The van der Waals surface area contributed by atoms with Gasteiger partial charge in [-0.1, -0.05) is 11.6 Å². The van der Waals surface area contributed by atoms with Gasteiger partial charge >= 0.3 is 0 Å². The van der Waals surface area contributed by atoms with E-state index in [1.54, 1.807) is 18.5 Å². The fourth-order valence-corrected chi connectivity index (χ4v) is 4.57. The van der Waals surface area contributed by atoms with Gasteiger partial charge in [0.2, 0.25) is 5.91 Å². The highest BCUT2D eigenvalue weighted by atomic mass is 35.5. The van der Waals surface area contributed by atoms with Crippen LogP contribution in [0.1, 0.15) is 18.7 Å². The number of aryl methyl sites for hydroxylation is 1. The van der Waals surface area contributed by atoms with Crippen LogP contribution in [0.3, 0.4) is 0 Å². The standard InChI is InChI=1S/C25H22ClN7O2/c1-15-29-18-5-4-17(11-20(18)30-15)35-22-7-6-19-25(24(22)26)31-21(13-27-19)16-12-28-33(14-16)10-9-32-8-2-3-23(32)34/h4-7,11-14H,2-3,8-10H2,1H3,(H,29,30). The number of hydrogen-bond donors (Lipinski definition) is 1. The Hall–Kier alpha value is -3.98. The normalized spacial score (nSPS) is 13.9. The molecule has 35 heavy (non-hydrogen) atoms. The Morgan fingerprint density at radius 2 is 2.00 bits per heavy atom. The number of rotatable bonds is 6. The summed E-state index contributed by atoms with van der Waals surface area (Å²) in [6, 6.07) is 9.28. The van der Waals surface area contributed by atoms with Crippen molar-refractivity contribution in [1.29, 1.82) is 0 Å². The number of aromatic amines is 1. The lowest BCUT2D eigenvalue weighted by molar-refractivity contribution is -0.127. The second-order valence-electron chi connectivity index (χ2n) is 8.58. The van der Waals surface area contributed by atoms with Crippen molar-refractivity contribution in [1.82, 2.24) is 34.6 Å². The molecule has 0 aliphatic carbocycles. The van der Waals surface area contributed by atoms with Crippen LogP contribution in [0.25, 0.3) is 33.3 Å². The number of fused-ring (bicyclic) bond motifs is 2. The lowest BCUT2D eigenvalue weighted by atomic mass is 10.2. The summed E-state index contributed by atoms with van der Waals surface area (Å²) < 4.78 is 7.90. The zero-order chi connectivity index (χ0) is 23.9. The highest BCUT2D eigenvalue weighted by Gasteiger charge is 2.19. The van der Waals surface area contributed by atoms with Crippen molar-refractivity contribution >= 4 is 39.6 Å². The molecular formula is C25H22ClN7O2. The molecule has 1 saturated heterocycles. The first kappa shape index (κ1) is 21.5. The quantitative estimate of drug-likeness (QED) is 0.371. The predicted octanol–water partition coefficient (Wildman–Crippen LogP) is 4.75. The van der Waals surface area contributed by atoms with Gasteiger partial charge in [0.15, 0.2) is 0 Å². The first-order valence-electron chi connectivity index (χ1n) is 11.4. The van der Waals surface area contributed by atoms with Crippen molar-refractivity contribution in [2.24, 2.45) is 0 Å². The number of ether oxygens (including phenoxy) is 1. The molecule has 1 aliphatic rings. The molecule has 1 aliphatic heterocycles. The van der Waals surface area contributed by atoms with Crippen LogP contribution in [0.5, 0.6) is 11.5 Å². The van der Waals surface area contributed by atoms with Gasteiger partial charge in [0.1, 0.15) is 27.9 Å². The van der Waals surface area contributed by atoms with Crippen molar-refractivity contribution < 1.29 is 9.53 Å². The molecule has 176 valence electrons. The highest BCUT2D eigenvalue weighted by Crippen LogP contribution is 2.35. The molecule has 3 aromatic heterocycles. The minimum absolute atomic E-state index is 0.213. The van der Waals surface area contributed by atoms with E-state index >= 15 is 0 Å². The van der Waals surface area contributed by atoms with Crippen molar-refractivity contribution in [3.63, 3.8) is 0 Å². The molecule has 9 nitrogen and oxygen atoms in total. The molecule has 4 heterocycles. The maximum absolute atomic E-state index is 11.8. The molecular weight excluding hydrogens is 466 g/mol. The number of nitrogens with zero attached hydrogens (tertiary/aromatic N) is 6. The van der Waals surface area contributed by atoms with Crippen LogP contribution in [0, 0.1) is 6.92 Å². The van der Waals surface area contributed by atoms with Gasteiger partial charge in [-0.3, -0.25) is 14.5 Å². The number of carbonyl (C=O) groups is 1. The smallest absolute Gasteiger partial charge is 0.222 e. The lowest BCUT2D eigenvalue weighted by Crippen LogP contribution is -2.28. The second-order valence-corrected chi connectivity index (χ2v) is 8.96. The Bertz CT molecular complexity index is 1580. The molecule has 6 rings (SSSR count). The van der Waals surface area contributed by atoms with Crippen LogP contribution in [-0.4, -0.2) is 53.6 Å². The maximum Gasteiger partial charge on any atom is 0.222 e. The largest absolute Gasteiger partial charge is 0.456 e. The van der Waals surface area contributed by atoms with E-state index in [1.807, 2.05) is 47.0 Å². The average molecular weight is 488 g/mol. The van der Waals surface area contributed by atoms with Gasteiger partial charge in [0.25, 0.3) is 0 Å². The molecule has 0 bridgehead atoms. The van der Waals surface area contributed by atoms with Gasteiger partial charge in [-0.05, 0) is 37.6 Å². The SMILES string of the molecule is Cc1nc2ccc(Oc3ccc4ncc(-c5cnn(CCN6CCCC6=O)c5)nc4c3Cl)cc2[nH]1. The van der Waals surface area contributed by atoms with E-state index in [1.165, 1.54) is 0 Å². The van der Waals surface area contributed by atoms with Gasteiger partial charge in [-0.15, -0.1) is 0 Å². The van der Waals surface area contributed by atoms with Crippen LogP contribution < -0.4 is 4.74 Å². The predicted molar refractivity (Wildman–Crippen MR) is 132 cm³/mol. The Morgan fingerprint density at radius 3 is 2.86 bits per heavy atom. The van der Waals surface area contributed by atoms with E-state index in [-0.39, 0.29) is 5.91 Å². The molecule has 1 fully saturated rings. The Balaban J connectivity index is 1.25. The van der Waals surface area contributed by atoms with Crippen molar-refractivity contribution in [2.75, 3.05) is 13.1 Å². The monoisotopic (exact) mass is 487 g/mol. The molecule has 0 spiro atoms. The van der Waals surface area contributed by atoms with E-state index in [4.69, 9.17) is 21.3 Å². The zero-order valence-electron chi connectivity index (χ0n) is 19.0. The summed E-state index contributed by atoms with van der Waals surface area (Å²) in [5.41, 5.74) is 4.48. The summed E-state index contributed by atoms with van der Waals surface area (Å²) in [7, 11) is 0. The Kier molecular flexibility index (Phi) is 5.33. The molecule has 0 unspecified atom stereocenters. The minimum Gasteiger partial charge on any atom is -0.456 e. The van der Waals surface area contributed by atoms with Crippen molar-refractivity contribution in [3.05, 3.63) is 59.8 Å². The van der Waals surface area contributed by atoms with Gasteiger partial charge in [0.05, 0.1) is 41.2 Å². The second kappa shape index (κ2) is 8.66. The third-order valence-electron chi connectivity index (χ3n) is 6.12. The topological polar surface area (TPSA) is 102 Å². The van der Waals surface area contributed by atoms with Gasteiger partial charge in [-0.25, -0.2) is 9.97 Å². The molecule has 1 amide bonds. The van der Waals surface area contributed by atoms with Crippen LogP contribution in [0.2, 0.25) is 5.02 Å². The zero-order valence-corrected chi connectivity index (χ0v) is 19.8. The molecule has 2 aromatic carbocycles. The fraction of sp³-hybridized carbons (Fsp3) is 0.240. The van der Waals surface area contributed by atoms with Gasteiger partial charge in [-0.2, -0.15) is 5.10 Å². The van der Waals surface area contributed by atoms with Gasteiger partial charge in [0, 0.05) is 37.3 Å². The molecule has 5 aromatic rings. The fourth-order valence-electron chi connectivity index (χ4n) is 4.33. The minimum atomic E-state index is 0.213. The molecule has 0 saturated carbocycles. The van der Waals surface area contributed by atoms with Crippen molar-refractivity contribution in [3.8, 4) is 22.8 Å².